The summed E-state index contributed by atoms with van der Waals surface area (Å²) in [6, 6.07) is 13.2. The molecule has 0 bridgehead atoms. The summed E-state index contributed by atoms with van der Waals surface area (Å²) >= 11 is 0.688. The number of carbonyl (C=O) groups is 2. The molecule has 0 N–H and O–H groups in total. The van der Waals surface area contributed by atoms with Gasteiger partial charge in [0.15, 0.2) is 0 Å². The first-order valence-corrected chi connectivity index (χ1v) is 11.4. The van der Waals surface area contributed by atoms with E-state index in [-0.39, 0.29) is 22.9 Å². The van der Waals surface area contributed by atoms with Gasteiger partial charge in [0.05, 0.1) is 26.9 Å². The van der Waals surface area contributed by atoms with Crippen molar-refractivity contribution in [1.29, 1.82) is 0 Å². The average molecular weight is 545 g/mol. The van der Waals surface area contributed by atoms with Gasteiger partial charge in [-0.25, -0.2) is 0 Å². The second-order valence-electron chi connectivity index (χ2n) is 7.80. The minimum atomic E-state index is -4.76. The maximum atomic E-state index is 12.9. The summed E-state index contributed by atoms with van der Waals surface area (Å²) in [5.74, 6) is -0.894. The molecule has 0 saturated carbocycles. The first-order chi connectivity index (χ1) is 17.9. The van der Waals surface area contributed by atoms with Gasteiger partial charge in [0.1, 0.15) is 5.75 Å². The van der Waals surface area contributed by atoms with Gasteiger partial charge in [-0.05, 0) is 53.2 Å². The van der Waals surface area contributed by atoms with Gasteiger partial charge in [-0.3, -0.25) is 34.7 Å². The quantitative estimate of drug-likeness (QED) is 0.185. The monoisotopic (exact) mass is 545 g/mol. The normalized spacial score (nSPS) is 14.7. The number of alkyl halides is 3. The molecule has 10 nitrogen and oxygen atoms in total. The van der Waals surface area contributed by atoms with Crippen LogP contribution in [0, 0.1) is 20.2 Å². The second-order valence-corrected chi connectivity index (χ2v) is 8.80. The summed E-state index contributed by atoms with van der Waals surface area (Å²) in [4.78, 5) is 46.8. The Morgan fingerprint density at radius 2 is 1.66 bits per heavy atom. The Morgan fingerprint density at radius 3 is 2.29 bits per heavy atom. The van der Waals surface area contributed by atoms with E-state index in [1.54, 1.807) is 6.07 Å². The molecule has 3 aromatic rings. The van der Waals surface area contributed by atoms with Crippen LogP contribution in [0.25, 0.3) is 6.08 Å². The SMILES string of the molecule is O=C1S/C(=C/c2ccc(Oc3ccc(C(F)(F)F)cc3[N+](=O)[O-])cc2)C(=O)N1Cc1cccc([N+](=O)[O-])c1. The Kier molecular flexibility index (Phi) is 7.17. The number of imide groups is 1. The number of thioether (sulfide) groups is 1. The zero-order valence-corrected chi connectivity index (χ0v) is 19.7. The Morgan fingerprint density at radius 1 is 0.947 bits per heavy atom. The molecule has 0 atom stereocenters. The first-order valence-electron chi connectivity index (χ1n) is 10.5. The Bertz CT molecular complexity index is 1490. The average Bonchev–Trinajstić information content (AvgIpc) is 3.12. The van der Waals surface area contributed by atoms with E-state index >= 15 is 0 Å². The summed E-state index contributed by atoms with van der Waals surface area (Å²) in [5.41, 5.74) is -1.34. The molecule has 3 aromatic carbocycles. The minimum absolute atomic E-state index is 0.0868. The van der Waals surface area contributed by atoms with Crippen LogP contribution in [0.1, 0.15) is 16.7 Å². The molecular weight excluding hydrogens is 531 g/mol. The molecule has 0 aromatic heterocycles. The van der Waals surface area contributed by atoms with Crippen LogP contribution < -0.4 is 4.74 Å². The number of amides is 2. The van der Waals surface area contributed by atoms with Crippen LogP contribution in [0.5, 0.6) is 11.5 Å². The number of carbonyl (C=O) groups excluding carboxylic acids is 2. The smallest absolute Gasteiger partial charge is 0.416 e. The largest absolute Gasteiger partial charge is 0.450 e. The topological polar surface area (TPSA) is 133 Å². The highest BCUT2D eigenvalue weighted by molar-refractivity contribution is 8.18. The van der Waals surface area contributed by atoms with Crippen LogP contribution in [0.3, 0.4) is 0 Å². The van der Waals surface area contributed by atoms with E-state index in [4.69, 9.17) is 4.74 Å². The molecule has 0 unspecified atom stereocenters. The number of halogens is 3. The van der Waals surface area contributed by atoms with Crippen LogP contribution in [0.4, 0.5) is 29.3 Å². The van der Waals surface area contributed by atoms with Crippen molar-refractivity contribution in [3.05, 3.63) is 109 Å². The zero-order valence-electron chi connectivity index (χ0n) is 18.9. The lowest BCUT2D eigenvalue weighted by Gasteiger charge is -2.12. The maximum absolute atomic E-state index is 12.9. The molecule has 0 radical (unpaired) electrons. The Hall–Kier alpha value is -4.72. The number of hydrogen-bond acceptors (Lipinski definition) is 8. The molecule has 1 aliphatic rings. The molecule has 1 saturated heterocycles. The van der Waals surface area contributed by atoms with Gasteiger partial charge in [-0.1, -0.05) is 24.3 Å². The number of nitrogens with zero attached hydrogens (tertiary/aromatic N) is 3. The highest BCUT2D eigenvalue weighted by Gasteiger charge is 2.35. The molecule has 1 fully saturated rings. The fourth-order valence-electron chi connectivity index (χ4n) is 3.42. The number of nitro benzene ring substituents is 2. The number of non-ortho nitro benzene ring substituents is 1. The van der Waals surface area contributed by atoms with Crippen molar-refractivity contribution in [3.8, 4) is 11.5 Å². The van der Waals surface area contributed by atoms with Crippen LogP contribution >= 0.6 is 11.8 Å². The van der Waals surface area contributed by atoms with E-state index in [1.807, 2.05) is 0 Å². The predicted octanol–water partition coefficient (Wildman–Crippen LogP) is 6.55. The highest BCUT2D eigenvalue weighted by atomic mass is 32.2. The van der Waals surface area contributed by atoms with Crippen molar-refractivity contribution in [2.45, 2.75) is 12.7 Å². The van der Waals surface area contributed by atoms with Gasteiger partial charge < -0.3 is 4.74 Å². The molecule has 4 rings (SSSR count). The summed E-state index contributed by atoms with van der Waals surface area (Å²) in [6.07, 6.45) is -3.33. The van der Waals surface area contributed by atoms with Crippen molar-refractivity contribution in [1.82, 2.24) is 4.90 Å². The minimum Gasteiger partial charge on any atom is -0.450 e. The molecule has 194 valence electrons. The summed E-state index contributed by atoms with van der Waals surface area (Å²) in [6.45, 7) is -0.150. The molecule has 1 heterocycles. The van der Waals surface area contributed by atoms with Gasteiger partial charge in [0.2, 0.25) is 5.75 Å². The lowest BCUT2D eigenvalue weighted by atomic mass is 10.1. The van der Waals surface area contributed by atoms with Crippen LogP contribution in [0.2, 0.25) is 0 Å². The van der Waals surface area contributed by atoms with Crippen LogP contribution in [-0.2, 0) is 17.5 Å². The lowest BCUT2D eigenvalue weighted by molar-refractivity contribution is -0.385. The van der Waals surface area contributed by atoms with E-state index in [0.29, 0.717) is 35.0 Å². The highest BCUT2D eigenvalue weighted by Crippen LogP contribution is 2.38. The number of rotatable bonds is 7. The van der Waals surface area contributed by atoms with E-state index in [1.165, 1.54) is 48.5 Å². The molecule has 38 heavy (non-hydrogen) atoms. The van der Waals surface area contributed by atoms with E-state index in [9.17, 15) is 43.0 Å². The zero-order chi connectivity index (χ0) is 27.6. The molecule has 0 spiro atoms. The van der Waals surface area contributed by atoms with Crippen molar-refractivity contribution in [2.24, 2.45) is 0 Å². The predicted molar refractivity (Wildman–Crippen MR) is 129 cm³/mol. The van der Waals surface area contributed by atoms with Gasteiger partial charge in [-0.2, -0.15) is 13.2 Å². The first kappa shape index (κ1) is 26.3. The summed E-state index contributed by atoms with van der Waals surface area (Å²) < 4.78 is 44.1. The fourth-order valence-corrected chi connectivity index (χ4v) is 4.26. The van der Waals surface area contributed by atoms with Crippen molar-refractivity contribution >= 4 is 40.4 Å². The fraction of sp³-hybridized carbons (Fsp3) is 0.0833. The lowest BCUT2D eigenvalue weighted by Crippen LogP contribution is -2.27. The number of nitro groups is 2. The Labute approximate surface area is 215 Å². The third kappa shape index (κ3) is 5.81. The van der Waals surface area contributed by atoms with Crippen LogP contribution in [0.15, 0.2) is 71.6 Å². The number of ether oxygens (including phenoxy) is 1. The number of hydrogen-bond donors (Lipinski definition) is 0. The maximum Gasteiger partial charge on any atom is 0.416 e. The second kappa shape index (κ2) is 10.3. The number of benzene rings is 3. The van der Waals surface area contributed by atoms with Gasteiger partial charge >= 0.3 is 11.9 Å². The van der Waals surface area contributed by atoms with E-state index < -0.39 is 44.2 Å². The molecular formula is C24H14F3N3O7S. The molecule has 14 heteroatoms. The third-order valence-corrected chi connectivity index (χ3v) is 6.13. The van der Waals surface area contributed by atoms with E-state index in [2.05, 4.69) is 0 Å². The summed E-state index contributed by atoms with van der Waals surface area (Å²) in [5, 5.41) is 21.6. The molecule has 0 aliphatic carbocycles. The standard InChI is InChI=1S/C24H14F3N3O7S/c25-24(26,27)16-6-9-20(19(12-16)30(35)36)37-18-7-4-14(5-8-18)11-21-22(31)28(23(32)38-21)13-15-2-1-3-17(10-15)29(33)34/h1-12H,13H2/b21-11+. The van der Waals surface area contributed by atoms with Crippen molar-refractivity contribution in [2.75, 3.05) is 0 Å². The van der Waals surface area contributed by atoms with Gasteiger partial charge in [-0.15, -0.1) is 0 Å². The third-order valence-electron chi connectivity index (χ3n) is 5.22. The van der Waals surface area contributed by atoms with Gasteiger partial charge in [0.25, 0.3) is 16.8 Å². The van der Waals surface area contributed by atoms with Crippen molar-refractivity contribution in [3.63, 3.8) is 0 Å². The molecule has 2 amide bonds. The van der Waals surface area contributed by atoms with Crippen molar-refractivity contribution < 1.29 is 37.3 Å². The molecule has 1 aliphatic heterocycles. The van der Waals surface area contributed by atoms with Crippen LogP contribution in [-0.4, -0.2) is 25.9 Å². The Balaban J connectivity index is 1.49. The van der Waals surface area contributed by atoms with E-state index in [0.717, 1.165) is 11.0 Å². The summed E-state index contributed by atoms with van der Waals surface area (Å²) in [7, 11) is 0. The van der Waals surface area contributed by atoms with Gasteiger partial charge in [0, 0.05) is 18.2 Å².